The molecule has 19 heavy (non-hydrogen) atoms. The van der Waals surface area contributed by atoms with E-state index in [1.54, 1.807) is 0 Å². The number of aryl methyl sites for hydroxylation is 1. The summed E-state index contributed by atoms with van der Waals surface area (Å²) in [7, 11) is 1.90. The van der Waals surface area contributed by atoms with Crippen LogP contribution >= 0.6 is 0 Å². The van der Waals surface area contributed by atoms with Gasteiger partial charge in [-0.15, -0.1) is 0 Å². The van der Waals surface area contributed by atoms with Crippen molar-refractivity contribution >= 4 is 5.91 Å². The highest BCUT2D eigenvalue weighted by Crippen LogP contribution is 2.20. The van der Waals surface area contributed by atoms with Crippen molar-refractivity contribution in [3.8, 4) is 0 Å². The fourth-order valence-electron chi connectivity index (χ4n) is 2.52. The van der Waals surface area contributed by atoms with Gasteiger partial charge in [0.25, 0.3) is 5.91 Å². The van der Waals surface area contributed by atoms with E-state index in [0.717, 1.165) is 37.3 Å². The number of rotatable bonds is 4. The van der Waals surface area contributed by atoms with Gasteiger partial charge in [0.15, 0.2) is 0 Å². The predicted octanol–water partition coefficient (Wildman–Crippen LogP) is 1.46. The van der Waals surface area contributed by atoms with Gasteiger partial charge in [0.2, 0.25) is 0 Å². The lowest BCUT2D eigenvalue weighted by molar-refractivity contribution is 0.0742. The molecule has 0 aromatic carbocycles. The molecule has 1 aliphatic heterocycles. The van der Waals surface area contributed by atoms with Gasteiger partial charge in [0.1, 0.15) is 0 Å². The van der Waals surface area contributed by atoms with Crippen LogP contribution in [0.3, 0.4) is 0 Å². The zero-order chi connectivity index (χ0) is 14.0. The van der Waals surface area contributed by atoms with E-state index >= 15 is 0 Å². The van der Waals surface area contributed by atoms with Gasteiger partial charge in [-0.2, -0.15) is 5.10 Å². The topological polar surface area (TPSA) is 50.2 Å². The average molecular weight is 264 g/mol. The quantitative estimate of drug-likeness (QED) is 0.895. The number of hydrogen-bond donors (Lipinski definition) is 1. The van der Waals surface area contributed by atoms with Crippen molar-refractivity contribution in [2.24, 2.45) is 0 Å². The predicted molar refractivity (Wildman–Crippen MR) is 75.4 cm³/mol. The first-order chi connectivity index (χ1) is 9.04. The number of hydrogen-bond acceptors (Lipinski definition) is 3. The van der Waals surface area contributed by atoms with Crippen LogP contribution in [0, 0.1) is 0 Å². The van der Waals surface area contributed by atoms with E-state index in [2.05, 4.69) is 24.3 Å². The van der Waals surface area contributed by atoms with Crippen LogP contribution in [0.1, 0.15) is 49.2 Å². The largest absolute Gasteiger partial charge is 0.337 e. The van der Waals surface area contributed by atoms with Gasteiger partial charge >= 0.3 is 0 Å². The molecule has 0 aliphatic carbocycles. The monoisotopic (exact) mass is 264 g/mol. The summed E-state index contributed by atoms with van der Waals surface area (Å²) >= 11 is 0. The number of carbonyl (C=O) groups excluding carboxylic acids is 1. The summed E-state index contributed by atoms with van der Waals surface area (Å²) in [6, 6.07) is 0.303. The minimum atomic E-state index is 0.0945. The second-order valence-corrected chi connectivity index (χ2v) is 5.50. The number of likely N-dealkylation sites (N-methyl/N-ethyl adjacent to an activating group) is 1. The van der Waals surface area contributed by atoms with E-state index in [1.165, 1.54) is 0 Å². The molecule has 1 N–H and O–H groups in total. The summed E-state index contributed by atoms with van der Waals surface area (Å²) in [5.41, 5.74) is 1.66. The van der Waals surface area contributed by atoms with Gasteiger partial charge < -0.3 is 10.2 Å². The SMILES string of the molecule is CCn1cc(C(=O)N(C)C2CCNC2)c(C(C)C)n1. The van der Waals surface area contributed by atoms with Crippen LogP contribution in [0.5, 0.6) is 0 Å². The molecule has 0 radical (unpaired) electrons. The molecular formula is C14H24N4O. The molecule has 1 fully saturated rings. The lowest BCUT2D eigenvalue weighted by Gasteiger charge is -2.23. The minimum Gasteiger partial charge on any atom is -0.337 e. The van der Waals surface area contributed by atoms with Gasteiger partial charge in [-0.1, -0.05) is 13.8 Å². The van der Waals surface area contributed by atoms with E-state index < -0.39 is 0 Å². The van der Waals surface area contributed by atoms with Crippen molar-refractivity contribution < 1.29 is 4.79 Å². The number of aromatic nitrogens is 2. The van der Waals surface area contributed by atoms with Crippen LogP contribution in [-0.4, -0.2) is 46.8 Å². The number of carbonyl (C=O) groups is 1. The maximum absolute atomic E-state index is 12.6. The van der Waals surface area contributed by atoms with Gasteiger partial charge in [-0.05, 0) is 25.8 Å². The fourth-order valence-corrected chi connectivity index (χ4v) is 2.52. The van der Waals surface area contributed by atoms with E-state index in [-0.39, 0.29) is 11.8 Å². The fraction of sp³-hybridized carbons (Fsp3) is 0.714. The van der Waals surface area contributed by atoms with Crippen LogP contribution in [0.2, 0.25) is 0 Å². The third-order valence-electron chi connectivity index (χ3n) is 3.79. The molecule has 1 aromatic heterocycles. The molecular weight excluding hydrogens is 240 g/mol. The maximum atomic E-state index is 12.6. The van der Waals surface area contributed by atoms with Crippen LogP contribution in [0.15, 0.2) is 6.20 Å². The Hall–Kier alpha value is -1.36. The number of amides is 1. The number of nitrogens with zero attached hydrogens (tertiary/aromatic N) is 3. The van der Waals surface area contributed by atoms with Gasteiger partial charge in [0, 0.05) is 32.4 Å². The van der Waals surface area contributed by atoms with Gasteiger partial charge in [-0.25, -0.2) is 0 Å². The Balaban J connectivity index is 2.24. The van der Waals surface area contributed by atoms with Crippen molar-refractivity contribution in [2.75, 3.05) is 20.1 Å². The smallest absolute Gasteiger partial charge is 0.257 e. The van der Waals surface area contributed by atoms with E-state index in [9.17, 15) is 4.79 Å². The van der Waals surface area contributed by atoms with Gasteiger partial charge in [0.05, 0.1) is 11.3 Å². The lowest BCUT2D eigenvalue weighted by atomic mass is 10.0. The number of nitrogens with one attached hydrogen (secondary N) is 1. The molecule has 1 aliphatic rings. The minimum absolute atomic E-state index is 0.0945. The summed E-state index contributed by atoms with van der Waals surface area (Å²) in [6.07, 6.45) is 2.91. The first kappa shape index (κ1) is 14.1. The van der Waals surface area contributed by atoms with Crippen LogP contribution in [0.25, 0.3) is 0 Å². The highest BCUT2D eigenvalue weighted by atomic mass is 16.2. The van der Waals surface area contributed by atoms with Crippen LogP contribution < -0.4 is 5.32 Å². The van der Waals surface area contributed by atoms with Crippen molar-refractivity contribution in [3.63, 3.8) is 0 Å². The highest BCUT2D eigenvalue weighted by Gasteiger charge is 2.27. The zero-order valence-electron chi connectivity index (χ0n) is 12.3. The Morgan fingerprint density at radius 2 is 2.37 bits per heavy atom. The first-order valence-corrected chi connectivity index (χ1v) is 7.09. The Morgan fingerprint density at radius 3 is 2.89 bits per heavy atom. The summed E-state index contributed by atoms with van der Waals surface area (Å²) < 4.78 is 1.85. The van der Waals surface area contributed by atoms with Crippen molar-refractivity contribution in [1.29, 1.82) is 0 Å². The second-order valence-electron chi connectivity index (χ2n) is 5.50. The van der Waals surface area contributed by atoms with Crippen LogP contribution in [-0.2, 0) is 6.54 Å². The summed E-state index contributed by atoms with van der Waals surface area (Å²) in [6.45, 7) is 8.87. The van der Waals surface area contributed by atoms with Crippen molar-refractivity contribution in [1.82, 2.24) is 20.0 Å². The molecule has 1 amide bonds. The van der Waals surface area contributed by atoms with E-state index in [1.807, 2.05) is 29.7 Å². The Kier molecular flexibility index (Phi) is 4.24. The molecule has 5 heteroatoms. The highest BCUT2D eigenvalue weighted by molar-refractivity contribution is 5.95. The van der Waals surface area contributed by atoms with Crippen molar-refractivity contribution in [2.45, 2.75) is 45.7 Å². The average Bonchev–Trinajstić information content (AvgIpc) is 3.05. The molecule has 1 unspecified atom stereocenters. The zero-order valence-corrected chi connectivity index (χ0v) is 12.3. The molecule has 1 atom stereocenters. The molecule has 0 saturated carbocycles. The molecule has 1 saturated heterocycles. The summed E-state index contributed by atoms with van der Waals surface area (Å²) in [5.74, 6) is 0.360. The summed E-state index contributed by atoms with van der Waals surface area (Å²) in [5, 5.41) is 7.81. The molecule has 0 spiro atoms. The second kappa shape index (κ2) is 5.74. The van der Waals surface area contributed by atoms with E-state index in [0.29, 0.717) is 6.04 Å². The molecule has 1 aromatic rings. The third kappa shape index (κ3) is 2.81. The standard InChI is InChI=1S/C14H24N4O/c1-5-18-9-12(13(16-18)10(2)3)14(19)17(4)11-6-7-15-8-11/h9-11,15H,5-8H2,1-4H3. The molecule has 0 bridgehead atoms. The molecule has 2 heterocycles. The first-order valence-electron chi connectivity index (χ1n) is 7.09. The molecule has 5 nitrogen and oxygen atoms in total. The Labute approximate surface area is 115 Å². The Morgan fingerprint density at radius 1 is 1.63 bits per heavy atom. The van der Waals surface area contributed by atoms with Crippen molar-refractivity contribution in [3.05, 3.63) is 17.5 Å². The van der Waals surface area contributed by atoms with E-state index in [4.69, 9.17) is 0 Å². The van der Waals surface area contributed by atoms with Gasteiger partial charge in [-0.3, -0.25) is 9.48 Å². The lowest BCUT2D eigenvalue weighted by Crippen LogP contribution is -2.38. The maximum Gasteiger partial charge on any atom is 0.257 e. The third-order valence-corrected chi connectivity index (χ3v) is 3.79. The normalized spacial score (nSPS) is 19.1. The molecule has 106 valence electrons. The summed E-state index contributed by atoms with van der Waals surface area (Å²) in [4.78, 5) is 14.5. The molecule has 2 rings (SSSR count). The Bertz CT molecular complexity index is 446. The van der Waals surface area contributed by atoms with Crippen LogP contribution in [0.4, 0.5) is 0 Å².